The number of rotatable bonds is 8. The summed E-state index contributed by atoms with van der Waals surface area (Å²) in [6, 6.07) is 12.1. The first kappa shape index (κ1) is 20.7. The zero-order chi connectivity index (χ0) is 20.8. The predicted molar refractivity (Wildman–Crippen MR) is 115 cm³/mol. The van der Waals surface area contributed by atoms with E-state index in [9.17, 15) is 0 Å². The molecule has 0 amide bonds. The Balaban J connectivity index is 1.45. The number of hydrogen-bond acceptors (Lipinski definition) is 9. The van der Waals surface area contributed by atoms with Crippen molar-refractivity contribution in [2.45, 2.75) is 19.3 Å². The van der Waals surface area contributed by atoms with E-state index in [2.05, 4.69) is 26.5 Å². The number of aromatic nitrogens is 3. The average molecular weight is 428 g/mol. The molecule has 9 heteroatoms. The molecule has 1 aliphatic heterocycles. The lowest BCUT2D eigenvalue weighted by Crippen LogP contribution is -2.38. The highest BCUT2D eigenvalue weighted by Crippen LogP contribution is 2.27. The molecule has 0 saturated carbocycles. The lowest BCUT2D eigenvalue weighted by Gasteiger charge is -2.33. The van der Waals surface area contributed by atoms with Crippen molar-refractivity contribution in [1.29, 1.82) is 0 Å². The summed E-state index contributed by atoms with van der Waals surface area (Å²) in [5, 5.41) is 11.7. The van der Waals surface area contributed by atoms with E-state index in [4.69, 9.17) is 19.2 Å². The number of methoxy groups -OCH3 is 2. The Hall–Kier alpha value is -2.59. The molecule has 1 N–H and O–H groups in total. The van der Waals surface area contributed by atoms with E-state index in [0.29, 0.717) is 18.3 Å². The van der Waals surface area contributed by atoms with Gasteiger partial charge in [-0.15, -0.1) is 10.2 Å². The van der Waals surface area contributed by atoms with Gasteiger partial charge in [-0.05, 0) is 29.8 Å². The summed E-state index contributed by atoms with van der Waals surface area (Å²) in [5.41, 5.74) is 4.86. The van der Waals surface area contributed by atoms with Crippen molar-refractivity contribution in [3.8, 4) is 5.75 Å². The van der Waals surface area contributed by atoms with Crippen LogP contribution in [0.2, 0.25) is 0 Å². The molecule has 4 rings (SSSR count). The van der Waals surface area contributed by atoms with Crippen molar-refractivity contribution in [1.82, 2.24) is 20.1 Å². The standard InChI is InChI=1S/C21H25N5O3S/c1-27-13-15-6-7-18(28-2)16(10-15)11-26-8-9-29-19(12-26)17-4-3-5-20(23-17)24-21-25-22-14-30-21/h3-7,10,14,19H,8-9,11-13H2,1-2H3,(H,23,24,25). The van der Waals surface area contributed by atoms with Crippen LogP contribution in [0.5, 0.6) is 5.75 Å². The van der Waals surface area contributed by atoms with Crippen LogP contribution in [0, 0.1) is 0 Å². The molecule has 3 aromatic rings. The van der Waals surface area contributed by atoms with Gasteiger partial charge in [-0.1, -0.05) is 23.5 Å². The van der Waals surface area contributed by atoms with Crippen LogP contribution in [0.1, 0.15) is 22.9 Å². The number of anilines is 2. The van der Waals surface area contributed by atoms with Gasteiger partial charge in [-0.2, -0.15) is 0 Å². The van der Waals surface area contributed by atoms with Gasteiger partial charge in [0.25, 0.3) is 0 Å². The van der Waals surface area contributed by atoms with Gasteiger partial charge in [0.1, 0.15) is 23.2 Å². The maximum absolute atomic E-state index is 6.03. The normalized spacial score (nSPS) is 17.1. The van der Waals surface area contributed by atoms with E-state index >= 15 is 0 Å². The molecular formula is C21H25N5O3S. The Bertz CT molecular complexity index is 954. The Morgan fingerprint density at radius 1 is 1.27 bits per heavy atom. The van der Waals surface area contributed by atoms with Crippen LogP contribution < -0.4 is 10.1 Å². The van der Waals surface area contributed by atoms with Crippen LogP contribution in [-0.4, -0.2) is 54.0 Å². The first-order valence-electron chi connectivity index (χ1n) is 9.74. The highest BCUT2D eigenvalue weighted by molar-refractivity contribution is 7.13. The van der Waals surface area contributed by atoms with Gasteiger partial charge >= 0.3 is 0 Å². The van der Waals surface area contributed by atoms with Crippen molar-refractivity contribution in [2.24, 2.45) is 0 Å². The molecule has 0 aliphatic carbocycles. The fourth-order valence-corrected chi connectivity index (χ4v) is 3.97. The van der Waals surface area contributed by atoms with Gasteiger partial charge < -0.3 is 19.5 Å². The molecule has 1 saturated heterocycles. The number of hydrogen-bond donors (Lipinski definition) is 1. The third-order valence-corrected chi connectivity index (χ3v) is 5.50. The minimum absolute atomic E-state index is 0.0944. The maximum Gasteiger partial charge on any atom is 0.210 e. The van der Waals surface area contributed by atoms with E-state index in [1.807, 2.05) is 30.3 Å². The van der Waals surface area contributed by atoms with Crippen molar-refractivity contribution in [2.75, 3.05) is 39.2 Å². The third kappa shape index (κ3) is 5.11. The van der Waals surface area contributed by atoms with E-state index in [-0.39, 0.29) is 6.10 Å². The first-order valence-corrected chi connectivity index (χ1v) is 10.6. The van der Waals surface area contributed by atoms with Gasteiger partial charge in [0.05, 0.1) is 26.0 Å². The second kappa shape index (κ2) is 9.94. The molecule has 158 valence electrons. The summed E-state index contributed by atoms with van der Waals surface area (Å²) < 4.78 is 16.9. The third-order valence-electron chi connectivity index (χ3n) is 4.90. The second-order valence-corrected chi connectivity index (χ2v) is 7.82. The minimum atomic E-state index is -0.0944. The molecule has 8 nitrogen and oxygen atoms in total. The second-order valence-electron chi connectivity index (χ2n) is 6.99. The van der Waals surface area contributed by atoms with E-state index in [0.717, 1.165) is 48.0 Å². The number of nitrogens with zero attached hydrogens (tertiary/aromatic N) is 4. The molecule has 1 aromatic carbocycles. The SMILES string of the molecule is COCc1ccc(OC)c(CN2CCOC(c3cccc(Nc4nncs4)n3)C2)c1. The Morgan fingerprint density at radius 2 is 2.20 bits per heavy atom. The topological polar surface area (TPSA) is 81.6 Å². The van der Waals surface area contributed by atoms with Crippen LogP contribution in [0.4, 0.5) is 10.9 Å². The van der Waals surface area contributed by atoms with Gasteiger partial charge in [0, 0.05) is 32.3 Å². The highest BCUT2D eigenvalue weighted by atomic mass is 32.1. The summed E-state index contributed by atoms with van der Waals surface area (Å²) in [5.74, 6) is 1.62. The zero-order valence-electron chi connectivity index (χ0n) is 17.1. The van der Waals surface area contributed by atoms with Gasteiger partial charge in [0.2, 0.25) is 5.13 Å². The zero-order valence-corrected chi connectivity index (χ0v) is 17.9. The molecule has 0 radical (unpaired) electrons. The van der Waals surface area contributed by atoms with Crippen molar-refractivity contribution < 1.29 is 14.2 Å². The largest absolute Gasteiger partial charge is 0.496 e. The molecule has 0 bridgehead atoms. The number of benzene rings is 1. The van der Waals surface area contributed by atoms with E-state index in [1.54, 1.807) is 19.7 Å². The van der Waals surface area contributed by atoms with Crippen molar-refractivity contribution >= 4 is 22.3 Å². The number of morpholine rings is 1. The highest BCUT2D eigenvalue weighted by Gasteiger charge is 2.24. The van der Waals surface area contributed by atoms with Gasteiger partial charge in [-0.3, -0.25) is 4.90 Å². The molecule has 30 heavy (non-hydrogen) atoms. The summed E-state index contributed by atoms with van der Waals surface area (Å²) >= 11 is 1.44. The van der Waals surface area contributed by atoms with E-state index in [1.165, 1.54) is 11.3 Å². The van der Waals surface area contributed by atoms with E-state index < -0.39 is 0 Å². The smallest absolute Gasteiger partial charge is 0.210 e. The minimum Gasteiger partial charge on any atom is -0.496 e. The summed E-state index contributed by atoms with van der Waals surface area (Å²) in [6.07, 6.45) is -0.0944. The monoisotopic (exact) mass is 427 g/mol. The molecule has 1 fully saturated rings. The average Bonchev–Trinajstić information content (AvgIpc) is 3.28. The summed E-state index contributed by atoms with van der Waals surface area (Å²) in [6.45, 7) is 3.63. The van der Waals surface area contributed by atoms with Gasteiger partial charge in [0.15, 0.2) is 0 Å². The summed E-state index contributed by atoms with van der Waals surface area (Å²) in [7, 11) is 3.41. The van der Waals surface area contributed by atoms with Crippen LogP contribution >= 0.6 is 11.3 Å². The molecule has 0 spiro atoms. The first-order chi connectivity index (χ1) is 14.7. The number of ether oxygens (including phenoxy) is 3. The van der Waals surface area contributed by atoms with Crippen LogP contribution in [0.25, 0.3) is 0 Å². The van der Waals surface area contributed by atoms with Crippen LogP contribution in [0.3, 0.4) is 0 Å². The Kier molecular flexibility index (Phi) is 6.85. The van der Waals surface area contributed by atoms with Crippen LogP contribution in [0.15, 0.2) is 41.9 Å². The molecule has 2 aromatic heterocycles. The van der Waals surface area contributed by atoms with Gasteiger partial charge in [-0.25, -0.2) is 4.98 Å². The van der Waals surface area contributed by atoms with Crippen molar-refractivity contribution in [3.63, 3.8) is 0 Å². The quantitative estimate of drug-likeness (QED) is 0.586. The molecule has 1 unspecified atom stereocenters. The lowest BCUT2D eigenvalue weighted by atomic mass is 10.1. The lowest BCUT2D eigenvalue weighted by molar-refractivity contribution is -0.0351. The Labute approximate surface area is 179 Å². The fourth-order valence-electron chi connectivity index (χ4n) is 3.52. The van der Waals surface area contributed by atoms with Crippen molar-refractivity contribution in [3.05, 3.63) is 58.7 Å². The maximum atomic E-state index is 6.03. The van der Waals surface area contributed by atoms with Crippen LogP contribution in [-0.2, 0) is 22.6 Å². The number of nitrogens with one attached hydrogen (secondary N) is 1. The molecular weight excluding hydrogens is 402 g/mol. The Morgan fingerprint density at radius 3 is 3.00 bits per heavy atom. The fraction of sp³-hybridized carbons (Fsp3) is 0.381. The molecule has 1 aliphatic rings. The predicted octanol–water partition coefficient (Wildman–Crippen LogP) is 3.41. The molecule has 1 atom stereocenters. The summed E-state index contributed by atoms with van der Waals surface area (Å²) in [4.78, 5) is 7.09. The molecule has 3 heterocycles. The number of pyridine rings is 1.